The maximum absolute atomic E-state index is 2.68. The normalized spacial score (nSPS) is 14.4. The number of fused-ring (bicyclic) bond motifs is 12. The second-order valence-electron chi connectivity index (χ2n) is 22.4. The standard InChI is InChI=1S/C74H55BN4/c1-3-22-50(23-4-1)72-54-26-9-7-20-48(54)38-44-66(72)78-68-36-19-37-69-74(68)75(60-42-40-52(46-70(60)78)76-62-32-15-11-28-56(62)57-29-12-16-33-63(57)76)61-43-41-53(77-64-34-17-13-30-58(64)59-31-14-18-35-65(59)77)47-71(61)79(69)67-45-39-49-21-8-10-27-55(49)73(67)51-24-5-2-6-25-51/h1-6,11-19,22-25,28-47H,7-10,20-21,26-27H2. The molecule has 0 fully saturated rings. The summed E-state index contributed by atoms with van der Waals surface area (Å²) in [7, 11) is 0. The predicted molar refractivity (Wildman–Crippen MR) is 333 cm³/mol. The number of aromatic nitrogens is 2. The van der Waals surface area contributed by atoms with E-state index in [4.69, 9.17) is 0 Å². The Morgan fingerprint density at radius 3 is 1.09 bits per heavy atom. The first-order valence-electron chi connectivity index (χ1n) is 28.6. The lowest BCUT2D eigenvalue weighted by Gasteiger charge is -2.45. The molecule has 0 saturated carbocycles. The zero-order valence-electron chi connectivity index (χ0n) is 44.0. The monoisotopic (exact) mass is 1010 g/mol. The van der Waals surface area contributed by atoms with Gasteiger partial charge in [-0.2, -0.15) is 0 Å². The molecule has 2 aromatic heterocycles. The van der Waals surface area contributed by atoms with E-state index in [0.29, 0.717) is 0 Å². The summed E-state index contributed by atoms with van der Waals surface area (Å²) in [5, 5.41) is 5.06. The zero-order chi connectivity index (χ0) is 51.7. The van der Waals surface area contributed by atoms with Crippen molar-refractivity contribution in [1.82, 2.24) is 9.13 Å². The molecule has 4 aliphatic rings. The van der Waals surface area contributed by atoms with Gasteiger partial charge in [0, 0.05) is 66.8 Å². The van der Waals surface area contributed by atoms with Crippen LogP contribution < -0.4 is 26.2 Å². The molecule has 0 unspecified atom stereocenters. The van der Waals surface area contributed by atoms with Gasteiger partial charge in [0.1, 0.15) is 0 Å². The van der Waals surface area contributed by atoms with Gasteiger partial charge in [0.15, 0.2) is 0 Å². The highest BCUT2D eigenvalue weighted by molar-refractivity contribution is 7.00. The molecule has 17 rings (SSSR count). The highest BCUT2D eigenvalue weighted by Gasteiger charge is 2.45. The van der Waals surface area contributed by atoms with Crippen LogP contribution in [0, 0.1) is 0 Å². The van der Waals surface area contributed by atoms with Crippen LogP contribution >= 0.6 is 0 Å². The maximum atomic E-state index is 2.68. The molecule has 0 atom stereocenters. The Morgan fingerprint density at radius 2 is 0.671 bits per heavy atom. The molecule has 79 heavy (non-hydrogen) atoms. The highest BCUT2D eigenvalue weighted by Crippen LogP contribution is 2.52. The van der Waals surface area contributed by atoms with Crippen molar-refractivity contribution in [2.75, 3.05) is 9.80 Å². The number of nitrogens with zero attached hydrogens (tertiary/aromatic N) is 4. The molecular formula is C74H55BN4. The van der Waals surface area contributed by atoms with Gasteiger partial charge in [-0.15, -0.1) is 0 Å². The molecule has 2 aliphatic carbocycles. The van der Waals surface area contributed by atoms with E-state index in [1.165, 1.54) is 164 Å². The number of hydrogen-bond acceptors (Lipinski definition) is 2. The minimum Gasteiger partial charge on any atom is -0.311 e. The van der Waals surface area contributed by atoms with Gasteiger partial charge in [0.05, 0.1) is 33.4 Å². The fourth-order valence-electron chi connectivity index (χ4n) is 15.0. The Kier molecular flexibility index (Phi) is 9.98. The molecule has 13 aromatic rings. The Labute approximate surface area is 461 Å². The SMILES string of the molecule is c1ccc(-c2c(N3c4cc(-n5c6ccccc6c6ccccc65)ccc4B4c5ccc(-n6c7ccccc7c7ccccc76)cc5N(c5ccc6c(c5-c5ccccc5)CCCC6)c5cccc3c54)ccc3c2CCCC3)cc1. The maximum Gasteiger partial charge on any atom is 0.252 e. The highest BCUT2D eigenvalue weighted by atomic mass is 15.2. The predicted octanol–water partition coefficient (Wildman–Crippen LogP) is 17.1. The average Bonchev–Trinajstić information content (AvgIpc) is 4.19. The lowest BCUT2D eigenvalue weighted by atomic mass is 9.33. The Morgan fingerprint density at radius 1 is 0.291 bits per heavy atom. The first-order chi connectivity index (χ1) is 39.2. The van der Waals surface area contributed by atoms with E-state index in [2.05, 4.69) is 256 Å². The van der Waals surface area contributed by atoms with Gasteiger partial charge >= 0.3 is 0 Å². The Balaban J connectivity index is 0.988. The molecule has 4 heterocycles. The largest absolute Gasteiger partial charge is 0.311 e. The van der Waals surface area contributed by atoms with Crippen molar-refractivity contribution in [2.24, 2.45) is 0 Å². The van der Waals surface area contributed by atoms with Crippen molar-refractivity contribution in [3.8, 4) is 33.6 Å². The molecule has 4 nitrogen and oxygen atoms in total. The smallest absolute Gasteiger partial charge is 0.252 e. The fourth-order valence-corrected chi connectivity index (χ4v) is 15.0. The van der Waals surface area contributed by atoms with Gasteiger partial charge in [-0.3, -0.25) is 0 Å². The first-order valence-corrected chi connectivity index (χ1v) is 28.6. The van der Waals surface area contributed by atoms with Crippen molar-refractivity contribution >= 4 is 101 Å². The van der Waals surface area contributed by atoms with Gasteiger partial charge in [-0.25, -0.2) is 0 Å². The third-order valence-electron chi connectivity index (χ3n) is 18.3. The summed E-state index contributed by atoms with van der Waals surface area (Å²) in [5.74, 6) is 0. The number of benzene rings is 11. The molecule has 5 heteroatoms. The number of hydrogen-bond donors (Lipinski definition) is 0. The summed E-state index contributed by atoms with van der Waals surface area (Å²) >= 11 is 0. The molecule has 0 spiro atoms. The third kappa shape index (κ3) is 6.63. The van der Waals surface area contributed by atoms with Crippen LogP contribution in [0.2, 0.25) is 0 Å². The van der Waals surface area contributed by atoms with E-state index in [-0.39, 0.29) is 6.71 Å². The third-order valence-corrected chi connectivity index (χ3v) is 18.3. The second kappa shape index (κ2) is 17.6. The molecule has 2 aliphatic heterocycles. The summed E-state index contributed by atoms with van der Waals surface area (Å²) in [6.07, 6.45) is 9.21. The summed E-state index contributed by atoms with van der Waals surface area (Å²) in [5.41, 5.74) is 29.7. The quantitative estimate of drug-likeness (QED) is 0.154. The van der Waals surface area contributed by atoms with Crippen molar-refractivity contribution in [1.29, 1.82) is 0 Å². The second-order valence-corrected chi connectivity index (χ2v) is 22.4. The lowest BCUT2D eigenvalue weighted by molar-refractivity contribution is 0.687. The van der Waals surface area contributed by atoms with Gasteiger partial charge in [-0.1, -0.05) is 164 Å². The fraction of sp³-hybridized carbons (Fsp3) is 0.108. The van der Waals surface area contributed by atoms with Crippen LogP contribution in [0.5, 0.6) is 0 Å². The molecule has 0 bridgehead atoms. The summed E-state index contributed by atoms with van der Waals surface area (Å²) < 4.78 is 4.99. The summed E-state index contributed by atoms with van der Waals surface area (Å²) in [6, 6.07) is 90.1. The Bertz CT molecular complexity index is 4250. The number of para-hydroxylation sites is 4. The average molecular weight is 1010 g/mol. The van der Waals surface area contributed by atoms with Crippen molar-refractivity contribution in [2.45, 2.75) is 51.4 Å². The molecule has 0 N–H and O–H groups in total. The van der Waals surface area contributed by atoms with Crippen molar-refractivity contribution in [3.05, 3.63) is 259 Å². The van der Waals surface area contributed by atoms with Crippen molar-refractivity contribution in [3.63, 3.8) is 0 Å². The van der Waals surface area contributed by atoms with Crippen LogP contribution in [-0.4, -0.2) is 15.8 Å². The molecule has 0 radical (unpaired) electrons. The van der Waals surface area contributed by atoms with E-state index in [1.807, 2.05) is 0 Å². The summed E-state index contributed by atoms with van der Waals surface area (Å²) in [4.78, 5) is 5.36. The van der Waals surface area contributed by atoms with Crippen LogP contribution in [0.3, 0.4) is 0 Å². The van der Waals surface area contributed by atoms with E-state index in [0.717, 1.165) is 37.1 Å². The van der Waals surface area contributed by atoms with E-state index < -0.39 is 0 Å². The van der Waals surface area contributed by atoms with E-state index in [1.54, 1.807) is 0 Å². The van der Waals surface area contributed by atoms with Crippen LogP contribution in [0.4, 0.5) is 34.1 Å². The van der Waals surface area contributed by atoms with E-state index in [9.17, 15) is 0 Å². The molecule has 0 amide bonds. The van der Waals surface area contributed by atoms with Gasteiger partial charge in [-0.05, 0) is 174 Å². The molecule has 374 valence electrons. The van der Waals surface area contributed by atoms with Crippen LogP contribution in [0.15, 0.2) is 237 Å². The number of anilines is 6. The van der Waals surface area contributed by atoms with Gasteiger partial charge in [0.25, 0.3) is 6.71 Å². The van der Waals surface area contributed by atoms with Crippen LogP contribution in [-0.2, 0) is 25.7 Å². The van der Waals surface area contributed by atoms with E-state index >= 15 is 0 Å². The van der Waals surface area contributed by atoms with Gasteiger partial charge in [0.2, 0.25) is 0 Å². The molecule has 0 saturated heterocycles. The minimum absolute atomic E-state index is 0.0706. The first kappa shape index (κ1) is 44.8. The van der Waals surface area contributed by atoms with Gasteiger partial charge < -0.3 is 18.9 Å². The number of aryl methyl sites for hydroxylation is 2. The molecule has 11 aromatic carbocycles. The molecular weight excluding hydrogens is 956 g/mol. The van der Waals surface area contributed by atoms with Crippen LogP contribution in [0.1, 0.15) is 47.9 Å². The summed E-state index contributed by atoms with van der Waals surface area (Å²) in [6.45, 7) is -0.0706. The van der Waals surface area contributed by atoms with Crippen molar-refractivity contribution < 1.29 is 0 Å². The number of rotatable bonds is 6. The minimum atomic E-state index is -0.0706. The zero-order valence-corrected chi connectivity index (χ0v) is 44.0. The lowest BCUT2D eigenvalue weighted by Crippen LogP contribution is -2.61. The Hall–Kier alpha value is -9.32. The topological polar surface area (TPSA) is 16.3 Å². The van der Waals surface area contributed by atoms with Crippen LogP contribution in [0.25, 0.3) is 77.2 Å².